The number of anilines is 1. The molecule has 1 rings (SSSR count). The molecule has 1 atom stereocenters. The zero-order valence-electron chi connectivity index (χ0n) is 8.12. The fraction of sp³-hybridized carbons (Fsp3) is 0.500. The van der Waals surface area contributed by atoms with Crippen molar-refractivity contribution >= 4 is 5.69 Å². The van der Waals surface area contributed by atoms with Gasteiger partial charge in [-0.15, -0.1) is 0 Å². The Balaban J connectivity index is 2.93. The number of rotatable bonds is 3. The monoisotopic (exact) mass is 180 g/mol. The van der Waals surface area contributed by atoms with E-state index in [0.29, 0.717) is 5.69 Å². The molecule has 1 heterocycles. The summed E-state index contributed by atoms with van der Waals surface area (Å²) in [6, 6.07) is 1.78. The number of aliphatic hydroxyl groups excluding tert-OH is 1. The van der Waals surface area contributed by atoms with Crippen LogP contribution in [0.15, 0.2) is 12.3 Å². The molecule has 0 saturated carbocycles. The summed E-state index contributed by atoms with van der Waals surface area (Å²) in [5, 5.41) is 9.72. The van der Waals surface area contributed by atoms with Crippen molar-refractivity contribution < 1.29 is 5.11 Å². The molecule has 13 heavy (non-hydrogen) atoms. The number of pyridine rings is 1. The Morgan fingerprint density at radius 3 is 2.92 bits per heavy atom. The normalized spacial score (nSPS) is 12.8. The number of nitrogens with zero attached hydrogens (tertiary/aromatic N) is 1. The highest BCUT2D eigenvalue weighted by molar-refractivity contribution is 5.50. The number of aromatic nitrogens is 1. The van der Waals surface area contributed by atoms with Gasteiger partial charge in [-0.25, -0.2) is 0 Å². The molecule has 0 radical (unpaired) electrons. The number of hydrogen-bond acceptors (Lipinski definition) is 3. The molecule has 0 bridgehead atoms. The molecule has 0 saturated heterocycles. The zero-order valence-corrected chi connectivity index (χ0v) is 8.12. The van der Waals surface area contributed by atoms with E-state index in [1.165, 1.54) is 0 Å². The molecule has 3 nitrogen and oxygen atoms in total. The van der Waals surface area contributed by atoms with Crippen molar-refractivity contribution in [2.45, 2.75) is 32.8 Å². The summed E-state index contributed by atoms with van der Waals surface area (Å²) in [4.78, 5) is 4.05. The van der Waals surface area contributed by atoms with Crippen LogP contribution in [0.25, 0.3) is 0 Å². The lowest BCUT2D eigenvalue weighted by Gasteiger charge is -2.13. The average molecular weight is 180 g/mol. The van der Waals surface area contributed by atoms with Crippen molar-refractivity contribution in [3.8, 4) is 0 Å². The number of nitrogen functional groups attached to an aromatic ring is 1. The molecule has 0 aliphatic heterocycles. The number of hydrogen-bond donors (Lipinski definition) is 2. The van der Waals surface area contributed by atoms with Gasteiger partial charge < -0.3 is 10.8 Å². The summed E-state index contributed by atoms with van der Waals surface area (Å²) in [6.45, 7) is 3.88. The van der Waals surface area contributed by atoms with Crippen LogP contribution in [0.2, 0.25) is 0 Å². The van der Waals surface area contributed by atoms with Crippen LogP contribution in [-0.4, -0.2) is 10.1 Å². The first-order valence-electron chi connectivity index (χ1n) is 4.55. The SMILES string of the molecule is CCCC(O)c1ccnc(C)c1N. The number of nitrogens with two attached hydrogens (primary N) is 1. The predicted octanol–water partition coefficient (Wildman–Crippen LogP) is 1.81. The van der Waals surface area contributed by atoms with Crippen LogP contribution in [0.1, 0.15) is 37.1 Å². The Morgan fingerprint density at radius 1 is 1.62 bits per heavy atom. The Morgan fingerprint density at radius 2 is 2.31 bits per heavy atom. The first-order chi connectivity index (χ1) is 6.16. The molecule has 0 spiro atoms. The van der Waals surface area contributed by atoms with Gasteiger partial charge in [0.25, 0.3) is 0 Å². The average Bonchev–Trinajstić information content (AvgIpc) is 2.10. The quantitative estimate of drug-likeness (QED) is 0.745. The lowest BCUT2D eigenvalue weighted by atomic mass is 10.0. The third kappa shape index (κ3) is 2.18. The molecule has 0 aromatic carbocycles. The first-order valence-corrected chi connectivity index (χ1v) is 4.55. The highest BCUT2D eigenvalue weighted by Crippen LogP contribution is 2.24. The Labute approximate surface area is 78.6 Å². The van der Waals surface area contributed by atoms with E-state index in [2.05, 4.69) is 4.98 Å². The van der Waals surface area contributed by atoms with Crippen LogP contribution in [0.5, 0.6) is 0 Å². The van der Waals surface area contributed by atoms with E-state index in [1.54, 1.807) is 12.3 Å². The predicted molar refractivity (Wildman–Crippen MR) is 53.3 cm³/mol. The molecule has 0 amide bonds. The molecule has 3 heteroatoms. The molecular formula is C10H16N2O. The Kier molecular flexibility index (Phi) is 3.25. The summed E-state index contributed by atoms with van der Waals surface area (Å²) in [7, 11) is 0. The maximum Gasteiger partial charge on any atom is 0.0811 e. The summed E-state index contributed by atoms with van der Waals surface area (Å²) < 4.78 is 0. The molecule has 1 aromatic heterocycles. The molecule has 0 fully saturated rings. The van der Waals surface area contributed by atoms with Crippen molar-refractivity contribution in [3.05, 3.63) is 23.5 Å². The van der Waals surface area contributed by atoms with Gasteiger partial charge in [0.2, 0.25) is 0 Å². The van der Waals surface area contributed by atoms with Gasteiger partial charge in [0.05, 0.1) is 17.5 Å². The second-order valence-electron chi connectivity index (χ2n) is 3.20. The second kappa shape index (κ2) is 4.23. The molecule has 0 aliphatic rings. The minimum atomic E-state index is -0.452. The maximum absolute atomic E-state index is 9.72. The summed E-state index contributed by atoms with van der Waals surface area (Å²) in [5.74, 6) is 0. The minimum absolute atomic E-state index is 0.452. The third-order valence-corrected chi connectivity index (χ3v) is 2.14. The number of aliphatic hydroxyl groups is 1. The van der Waals surface area contributed by atoms with Gasteiger partial charge in [-0.3, -0.25) is 4.98 Å². The van der Waals surface area contributed by atoms with E-state index in [0.717, 1.165) is 24.1 Å². The van der Waals surface area contributed by atoms with Crippen LogP contribution in [0, 0.1) is 6.92 Å². The van der Waals surface area contributed by atoms with E-state index >= 15 is 0 Å². The van der Waals surface area contributed by atoms with Gasteiger partial charge in [-0.05, 0) is 19.4 Å². The Hall–Kier alpha value is -1.09. The maximum atomic E-state index is 9.72. The summed E-state index contributed by atoms with van der Waals surface area (Å²) in [6.07, 6.45) is 2.92. The zero-order chi connectivity index (χ0) is 9.84. The van der Waals surface area contributed by atoms with Crippen LogP contribution >= 0.6 is 0 Å². The van der Waals surface area contributed by atoms with E-state index in [1.807, 2.05) is 13.8 Å². The van der Waals surface area contributed by atoms with E-state index < -0.39 is 6.10 Å². The highest BCUT2D eigenvalue weighted by atomic mass is 16.3. The van der Waals surface area contributed by atoms with Gasteiger partial charge >= 0.3 is 0 Å². The van der Waals surface area contributed by atoms with Crippen molar-refractivity contribution in [1.29, 1.82) is 0 Å². The molecular weight excluding hydrogens is 164 g/mol. The third-order valence-electron chi connectivity index (χ3n) is 2.14. The van der Waals surface area contributed by atoms with E-state index in [9.17, 15) is 5.11 Å². The molecule has 72 valence electrons. The standard InChI is InChI=1S/C10H16N2O/c1-3-4-9(13)8-5-6-12-7(2)10(8)11/h5-6,9,13H,3-4,11H2,1-2H3. The first kappa shape index (κ1) is 9.99. The second-order valence-corrected chi connectivity index (χ2v) is 3.20. The van der Waals surface area contributed by atoms with E-state index in [-0.39, 0.29) is 0 Å². The lowest BCUT2D eigenvalue weighted by Crippen LogP contribution is -2.04. The topological polar surface area (TPSA) is 59.1 Å². The van der Waals surface area contributed by atoms with Crippen LogP contribution in [-0.2, 0) is 0 Å². The van der Waals surface area contributed by atoms with Crippen LogP contribution in [0.3, 0.4) is 0 Å². The van der Waals surface area contributed by atoms with E-state index in [4.69, 9.17) is 5.73 Å². The minimum Gasteiger partial charge on any atom is -0.397 e. The van der Waals surface area contributed by atoms with Crippen molar-refractivity contribution in [2.75, 3.05) is 5.73 Å². The van der Waals surface area contributed by atoms with Gasteiger partial charge in [0.1, 0.15) is 0 Å². The van der Waals surface area contributed by atoms with Crippen molar-refractivity contribution in [2.24, 2.45) is 0 Å². The highest BCUT2D eigenvalue weighted by Gasteiger charge is 2.11. The fourth-order valence-corrected chi connectivity index (χ4v) is 1.32. The molecule has 0 aliphatic carbocycles. The van der Waals surface area contributed by atoms with Gasteiger partial charge in [-0.2, -0.15) is 0 Å². The summed E-state index contributed by atoms with van der Waals surface area (Å²) in [5.41, 5.74) is 7.99. The largest absolute Gasteiger partial charge is 0.397 e. The van der Waals surface area contributed by atoms with Gasteiger partial charge in [-0.1, -0.05) is 13.3 Å². The number of aryl methyl sites for hydroxylation is 1. The van der Waals surface area contributed by atoms with Crippen molar-refractivity contribution in [1.82, 2.24) is 4.98 Å². The van der Waals surface area contributed by atoms with Crippen LogP contribution in [0.4, 0.5) is 5.69 Å². The Bertz CT molecular complexity index is 286. The fourth-order valence-electron chi connectivity index (χ4n) is 1.32. The summed E-state index contributed by atoms with van der Waals surface area (Å²) >= 11 is 0. The lowest BCUT2D eigenvalue weighted by molar-refractivity contribution is 0.167. The van der Waals surface area contributed by atoms with Gasteiger partial charge in [0.15, 0.2) is 0 Å². The molecule has 1 aromatic rings. The van der Waals surface area contributed by atoms with Crippen LogP contribution < -0.4 is 5.73 Å². The molecule has 1 unspecified atom stereocenters. The van der Waals surface area contributed by atoms with Gasteiger partial charge in [0, 0.05) is 11.8 Å². The smallest absolute Gasteiger partial charge is 0.0811 e. The van der Waals surface area contributed by atoms with Crippen molar-refractivity contribution in [3.63, 3.8) is 0 Å². The molecule has 3 N–H and O–H groups in total.